The highest BCUT2D eigenvalue weighted by atomic mass is 16.6. The molecule has 0 aliphatic rings. The highest BCUT2D eigenvalue weighted by Crippen LogP contribution is 2.01. The van der Waals surface area contributed by atoms with Crippen molar-refractivity contribution in [2.45, 2.75) is 0 Å². The summed E-state index contributed by atoms with van der Waals surface area (Å²) in [5, 5.41) is 0. The van der Waals surface area contributed by atoms with Gasteiger partial charge in [0.15, 0.2) is 0 Å². The SMILES string of the molecule is C#CCOCCOCCOCCOCCOCCOCCOCCOCCOCCOCCOCCOCCOC(=O)C(=O)c1ccccc1. The highest BCUT2D eigenvalue weighted by Gasteiger charge is 2.17. The standard InChI is InChI=1S/C35H56O15/c1-2-8-38-9-10-39-11-12-40-13-14-41-15-16-42-17-18-43-19-20-44-21-22-45-23-24-46-25-26-47-27-28-48-29-30-49-31-32-50-35(37)34(36)33-6-4-3-5-7-33/h1,3-7H,8-32H2. The summed E-state index contributed by atoms with van der Waals surface area (Å²) >= 11 is 0. The van der Waals surface area contributed by atoms with Crippen molar-refractivity contribution in [3.63, 3.8) is 0 Å². The Morgan fingerprint density at radius 1 is 0.400 bits per heavy atom. The summed E-state index contributed by atoms with van der Waals surface area (Å²) in [5.74, 6) is 0.816. The molecule has 0 aliphatic carbocycles. The molecule has 0 bridgehead atoms. The van der Waals surface area contributed by atoms with Gasteiger partial charge in [0.2, 0.25) is 0 Å². The molecule has 0 atom stereocenters. The maximum atomic E-state index is 11.9. The van der Waals surface area contributed by atoms with Crippen molar-refractivity contribution in [2.75, 3.05) is 165 Å². The van der Waals surface area contributed by atoms with Crippen LogP contribution in [0.1, 0.15) is 10.4 Å². The van der Waals surface area contributed by atoms with E-state index in [0.29, 0.717) is 158 Å². The molecule has 0 saturated carbocycles. The molecule has 0 amide bonds. The van der Waals surface area contributed by atoms with Crippen LogP contribution < -0.4 is 0 Å². The highest BCUT2D eigenvalue weighted by molar-refractivity contribution is 6.40. The Kier molecular flexibility index (Phi) is 34.3. The Morgan fingerprint density at radius 2 is 0.660 bits per heavy atom. The Balaban J connectivity index is 1.65. The number of ketones is 1. The minimum absolute atomic E-state index is 0.00546. The summed E-state index contributed by atoms with van der Waals surface area (Å²) in [4.78, 5) is 23.6. The first-order chi connectivity index (χ1) is 24.8. The zero-order chi connectivity index (χ0) is 35.8. The fourth-order valence-corrected chi connectivity index (χ4v) is 3.52. The molecule has 0 radical (unpaired) electrons. The average Bonchev–Trinajstić information content (AvgIpc) is 3.14. The van der Waals surface area contributed by atoms with Crippen molar-refractivity contribution < 1.29 is 71.2 Å². The molecule has 0 aliphatic heterocycles. The predicted molar refractivity (Wildman–Crippen MR) is 180 cm³/mol. The fourth-order valence-electron chi connectivity index (χ4n) is 3.52. The number of benzene rings is 1. The molecule has 0 N–H and O–H groups in total. The Labute approximate surface area is 296 Å². The van der Waals surface area contributed by atoms with Gasteiger partial charge in [-0.2, -0.15) is 0 Å². The number of hydrogen-bond donors (Lipinski definition) is 0. The van der Waals surface area contributed by atoms with Crippen molar-refractivity contribution in [2.24, 2.45) is 0 Å². The summed E-state index contributed by atoms with van der Waals surface area (Å²) in [6.07, 6.45) is 5.08. The van der Waals surface area contributed by atoms with Crippen LogP contribution in [0.25, 0.3) is 0 Å². The number of terminal acetylenes is 1. The lowest BCUT2D eigenvalue weighted by Crippen LogP contribution is -2.20. The van der Waals surface area contributed by atoms with Crippen LogP contribution >= 0.6 is 0 Å². The number of carbonyl (C=O) groups excluding carboxylic acids is 2. The first kappa shape index (κ1) is 45.5. The molecular formula is C35H56O15. The third-order valence-corrected chi connectivity index (χ3v) is 5.96. The third kappa shape index (κ3) is 31.4. The molecule has 1 aromatic carbocycles. The van der Waals surface area contributed by atoms with E-state index >= 15 is 0 Å². The second-order valence-corrected chi connectivity index (χ2v) is 9.82. The normalized spacial score (nSPS) is 11.1. The minimum Gasteiger partial charge on any atom is -0.457 e. The molecule has 50 heavy (non-hydrogen) atoms. The molecule has 0 saturated heterocycles. The van der Waals surface area contributed by atoms with Crippen LogP contribution in [0.2, 0.25) is 0 Å². The summed E-state index contributed by atoms with van der Waals surface area (Å²) in [6, 6.07) is 8.25. The number of Topliss-reactive ketones (excluding diaryl/α,β-unsaturated/α-hetero) is 1. The quantitative estimate of drug-likeness (QED) is 0.0315. The van der Waals surface area contributed by atoms with E-state index in [1.54, 1.807) is 30.3 Å². The smallest absolute Gasteiger partial charge is 0.379 e. The van der Waals surface area contributed by atoms with E-state index in [9.17, 15) is 9.59 Å². The topological polar surface area (TPSA) is 154 Å². The molecule has 0 unspecified atom stereocenters. The average molecular weight is 717 g/mol. The van der Waals surface area contributed by atoms with Gasteiger partial charge in [-0.15, -0.1) is 6.42 Å². The van der Waals surface area contributed by atoms with Gasteiger partial charge in [0.1, 0.15) is 13.2 Å². The summed E-state index contributed by atoms with van der Waals surface area (Å²) in [7, 11) is 0. The Morgan fingerprint density at radius 3 is 0.940 bits per heavy atom. The largest absolute Gasteiger partial charge is 0.457 e. The van der Waals surface area contributed by atoms with Crippen LogP contribution in [-0.4, -0.2) is 177 Å². The molecule has 286 valence electrons. The Hall–Kier alpha value is -2.56. The van der Waals surface area contributed by atoms with E-state index in [4.69, 9.17) is 68.0 Å². The lowest BCUT2D eigenvalue weighted by Gasteiger charge is -2.09. The van der Waals surface area contributed by atoms with Gasteiger partial charge in [0.05, 0.1) is 152 Å². The van der Waals surface area contributed by atoms with Crippen molar-refractivity contribution in [1.29, 1.82) is 0 Å². The predicted octanol–water partition coefficient (Wildman–Crippen LogP) is 1.24. The number of hydrogen-bond acceptors (Lipinski definition) is 15. The molecule has 0 spiro atoms. The number of carbonyl (C=O) groups is 2. The summed E-state index contributed by atoms with van der Waals surface area (Å²) in [6.45, 7) is 10.8. The van der Waals surface area contributed by atoms with Gasteiger partial charge < -0.3 is 61.6 Å². The first-order valence-electron chi connectivity index (χ1n) is 16.9. The number of rotatable bonds is 39. The molecule has 0 heterocycles. The molecule has 0 aromatic heterocycles. The Bertz CT molecular complexity index is 928. The van der Waals surface area contributed by atoms with E-state index in [0.717, 1.165) is 0 Å². The first-order valence-corrected chi connectivity index (χ1v) is 16.9. The van der Waals surface area contributed by atoms with Gasteiger partial charge in [-0.1, -0.05) is 36.3 Å². The monoisotopic (exact) mass is 716 g/mol. The maximum Gasteiger partial charge on any atom is 0.379 e. The van der Waals surface area contributed by atoms with Crippen molar-refractivity contribution in [3.05, 3.63) is 35.9 Å². The van der Waals surface area contributed by atoms with Gasteiger partial charge in [-0.05, 0) is 0 Å². The van der Waals surface area contributed by atoms with Crippen LogP contribution in [0.3, 0.4) is 0 Å². The van der Waals surface area contributed by atoms with E-state index in [2.05, 4.69) is 5.92 Å². The number of ether oxygens (including phenoxy) is 13. The molecule has 1 rings (SSSR count). The second-order valence-electron chi connectivity index (χ2n) is 9.82. The molecule has 0 fully saturated rings. The molecular weight excluding hydrogens is 660 g/mol. The summed E-state index contributed by atoms with van der Waals surface area (Å²) < 4.78 is 69.7. The van der Waals surface area contributed by atoms with Crippen LogP contribution in [0, 0.1) is 12.3 Å². The van der Waals surface area contributed by atoms with Gasteiger partial charge in [0.25, 0.3) is 5.78 Å². The maximum absolute atomic E-state index is 11.9. The van der Waals surface area contributed by atoms with E-state index in [1.165, 1.54) is 0 Å². The summed E-state index contributed by atoms with van der Waals surface area (Å²) in [5.41, 5.74) is 0.293. The van der Waals surface area contributed by atoms with Crippen LogP contribution in [0.5, 0.6) is 0 Å². The second kappa shape index (κ2) is 37.7. The van der Waals surface area contributed by atoms with E-state index < -0.39 is 11.8 Å². The van der Waals surface area contributed by atoms with Gasteiger partial charge >= 0.3 is 5.97 Å². The van der Waals surface area contributed by atoms with Gasteiger partial charge in [0, 0.05) is 5.56 Å². The van der Waals surface area contributed by atoms with Gasteiger partial charge in [-0.3, -0.25) is 4.79 Å². The van der Waals surface area contributed by atoms with Crippen molar-refractivity contribution in [1.82, 2.24) is 0 Å². The molecule has 15 nitrogen and oxygen atoms in total. The van der Waals surface area contributed by atoms with Gasteiger partial charge in [-0.25, -0.2) is 4.79 Å². The zero-order valence-corrected chi connectivity index (χ0v) is 29.3. The minimum atomic E-state index is -0.899. The zero-order valence-electron chi connectivity index (χ0n) is 29.3. The molecule has 15 heteroatoms. The van der Waals surface area contributed by atoms with Crippen LogP contribution in [0.4, 0.5) is 0 Å². The van der Waals surface area contributed by atoms with E-state index in [-0.39, 0.29) is 13.2 Å². The number of esters is 1. The molecule has 1 aromatic rings. The lowest BCUT2D eigenvalue weighted by atomic mass is 10.1. The third-order valence-electron chi connectivity index (χ3n) is 5.96. The van der Waals surface area contributed by atoms with Crippen molar-refractivity contribution in [3.8, 4) is 12.3 Å². The lowest BCUT2D eigenvalue weighted by molar-refractivity contribution is -0.139. The van der Waals surface area contributed by atoms with Crippen LogP contribution in [0.15, 0.2) is 30.3 Å². The van der Waals surface area contributed by atoms with Crippen LogP contribution in [-0.2, 0) is 66.4 Å². The van der Waals surface area contributed by atoms with E-state index in [1.807, 2.05) is 0 Å². The van der Waals surface area contributed by atoms with Crippen molar-refractivity contribution >= 4 is 11.8 Å². The fraction of sp³-hybridized carbons (Fsp3) is 0.714.